The topological polar surface area (TPSA) is 115 Å². The van der Waals surface area contributed by atoms with Gasteiger partial charge in [0, 0.05) is 6.42 Å². The van der Waals surface area contributed by atoms with Crippen LogP contribution in [0.5, 0.6) is 0 Å². The highest BCUT2D eigenvalue weighted by Gasteiger charge is 2.16. The van der Waals surface area contributed by atoms with Crippen LogP contribution in [0.25, 0.3) is 0 Å². The summed E-state index contributed by atoms with van der Waals surface area (Å²) in [6.07, 6.45) is 0.104. The van der Waals surface area contributed by atoms with E-state index in [0.717, 1.165) is 6.07 Å². The predicted octanol–water partition coefficient (Wildman–Crippen LogP) is 0.424. The first-order valence-electron chi connectivity index (χ1n) is 5.17. The first kappa shape index (κ1) is 14.2. The minimum absolute atomic E-state index is 0.0160. The summed E-state index contributed by atoms with van der Waals surface area (Å²) in [4.78, 5) is 21.2. The molecule has 0 bridgehead atoms. The smallest absolute Gasteiger partial charge is 0.335 e. The number of sulfone groups is 1. The summed E-state index contributed by atoms with van der Waals surface area (Å²) in [7, 11) is -3.58. The van der Waals surface area contributed by atoms with E-state index in [0.29, 0.717) is 0 Å². The van der Waals surface area contributed by atoms with Crippen LogP contribution >= 0.6 is 0 Å². The number of carboxylic acids is 1. The molecule has 1 aromatic rings. The van der Waals surface area contributed by atoms with E-state index in [4.69, 9.17) is 10.8 Å². The Morgan fingerprint density at radius 2 is 1.94 bits per heavy atom. The molecule has 0 aliphatic carbocycles. The van der Waals surface area contributed by atoms with Gasteiger partial charge >= 0.3 is 5.97 Å². The summed E-state index contributed by atoms with van der Waals surface area (Å²) in [5.41, 5.74) is 4.82. The summed E-state index contributed by atoms with van der Waals surface area (Å²) < 4.78 is 23.7. The van der Waals surface area contributed by atoms with Gasteiger partial charge in [-0.2, -0.15) is 0 Å². The fourth-order valence-corrected chi connectivity index (χ4v) is 2.73. The van der Waals surface area contributed by atoms with Crippen molar-refractivity contribution >= 4 is 21.7 Å². The highest BCUT2D eigenvalue weighted by molar-refractivity contribution is 7.91. The van der Waals surface area contributed by atoms with E-state index < -0.39 is 21.7 Å². The molecular weight excluding hydrogens is 258 g/mol. The molecule has 0 radical (unpaired) electrons. The number of carboxylic acid groups (broad SMARTS) is 1. The quantitative estimate of drug-likeness (QED) is 0.778. The predicted molar refractivity (Wildman–Crippen MR) is 63.9 cm³/mol. The molecule has 0 heterocycles. The van der Waals surface area contributed by atoms with Gasteiger partial charge in [-0.05, 0) is 24.6 Å². The first-order chi connectivity index (χ1) is 8.33. The van der Waals surface area contributed by atoms with Crippen LogP contribution in [0.15, 0.2) is 29.2 Å². The van der Waals surface area contributed by atoms with Gasteiger partial charge in [0.2, 0.25) is 5.91 Å². The molecule has 0 spiro atoms. The molecule has 18 heavy (non-hydrogen) atoms. The number of carbonyl (C=O) groups excluding carboxylic acids is 1. The molecule has 0 unspecified atom stereocenters. The standard InChI is InChI=1S/C11H13NO5S/c12-10(13)5-2-6-18(16,17)9-4-1-3-8(7-9)11(14)15/h1,3-4,7H,2,5-6H2,(H2,12,13)(H,14,15). The van der Waals surface area contributed by atoms with Crippen LogP contribution in [0.2, 0.25) is 0 Å². The lowest BCUT2D eigenvalue weighted by Gasteiger charge is -2.04. The third-order valence-corrected chi connectivity index (χ3v) is 4.07. The van der Waals surface area contributed by atoms with Crippen molar-refractivity contribution in [3.8, 4) is 0 Å². The fourth-order valence-electron chi connectivity index (χ4n) is 1.38. The highest BCUT2D eigenvalue weighted by atomic mass is 32.2. The zero-order valence-electron chi connectivity index (χ0n) is 9.50. The van der Waals surface area contributed by atoms with Gasteiger partial charge in [-0.1, -0.05) is 6.07 Å². The fraction of sp³-hybridized carbons (Fsp3) is 0.273. The molecule has 98 valence electrons. The van der Waals surface area contributed by atoms with E-state index in [1.54, 1.807) is 0 Å². The molecule has 0 aromatic heterocycles. The molecule has 0 saturated heterocycles. The summed E-state index contributed by atoms with van der Waals surface area (Å²) in [5.74, 6) is -1.99. The van der Waals surface area contributed by atoms with Crippen LogP contribution in [0.4, 0.5) is 0 Å². The van der Waals surface area contributed by atoms with E-state index in [1.165, 1.54) is 18.2 Å². The number of hydrogen-bond donors (Lipinski definition) is 2. The molecule has 1 amide bonds. The maximum Gasteiger partial charge on any atom is 0.335 e. The molecule has 1 rings (SSSR count). The maximum atomic E-state index is 11.8. The number of rotatable bonds is 6. The third-order valence-electron chi connectivity index (χ3n) is 2.28. The molecule has 1 aromatic carbocycles. The second-order valence-electron chi connectivity index (χ2n) is 3.72. The van der Waals surface area contributed by atoms with Gasteiger partial charge < -0.3 is 10.8 Å². The number of nitrogens with two attached hydrogens (primary N) is 1. The van der Waals surface area contributed by atoms with Gasteiger partial charge in [0.1, 0.15) is 0 Å². The van der Waals surface area contributed by atoms with Gasteiger partial charge in [-0.25, -0.2) is 13.2 Å². The largest absolute Gasteiger partial charge is 0.478 e. The average molecular weight is 271 g/mol. The maximum absolute atomic E-state index is 11.8. The van der Waals surface area contributed by atoms with Crippen LogP contribution in [-0.2, 0) is 14.6 Å². The van der Waals surface area contributed by atoms with Crippen LogP contribution in [0, 0.1) is 0 Å². The Labute approximate surface area is 104 Å². The van der Waals surface area contributed by atoms with Crippen molar-refractivity contribution in [3.05, 3.63) is 29.8 Å². The van der Waals surface area contributed by atoms with Crippen molar-refractivity contribution in [2.75, 3.05) is 5.75 Å². The molecule has 0 aliphatic rings. The van der Waals surface area contributed by atoms with E-state index in [2.05, 4.69) is 0 Å². The third kappa shape index (κ3) is 3.85. The lowest BCUT2D eigenvalue weighted by Crippen LogP contribution is -2.14. The SMILES string of the molecule is NC(=O)CCCS(=O)(=O)c1cccc(C(=O)O)c1. The molecular formula is C11H13NO5S. The Bertz CT molecular complexity index is 565. The summed E-state index contributed by atoms with van der Waals surface area (Å²) in [6.45, 7) is 0. The second kappa shape index (κ2) is 5.63. The molecule has 0 fully saturated rings. The highest BCUT2D eigenvalue weighted by Crippen LogP contribution is 2.14. The van der Waals surface area contributed by atoms with Crippen molar-refractivity contribution in [3.63, 3.8) is 0 Å². The lowest BCUT2D eigenvalue weighted by molar-refractivity contribution is -0.118. The molecule has 0 saturated carbocycles. The van der Waals surface area contributed by atoms with Gasteiger partial charge in [0.15, 0.2) is 9.84 Å². The number of carbonyl (C=O) groups is 2. The van der Waals surface area contributed by atoms with Gasteiger partial charge in [-0.3, -0.25) is 4.79 Å². The lowest BCUT2D eigenvalue weighted by atomic mass is 10.2. The number of hydrogen-bond acceptors (Lipinski definition) is 4. The minimum atomic E-state index is -3.58. The van der Waals surface area contributed by atoms with Gasteiger partial charge in [0.25, 0.3) is 0 Å². The monoisotopic (exact) mass is 271 g/mol. The first-order valence-corrected chi connectivity index (χ1v) is 6.82. The summed E-state index contributed by atoms with van der Waals surface area (Å²) in [5, 5.41) is 8.77. The van der Waals surface area contributed by atoms with Gasteiger partial charge in [0.05, 0.1) is 16.2 Å². The van der Waals surface area contributed by atoms with Crippen molar-refractivity contribution in [1.82, 2.24) is 0 Å². The minimum Gasteiger partial charge on any atom is -0.478 e. The molecule has 0 atom stereocenters. The zero-order chi connectivity index (χ0) is 13.8. The van der Waals surface area contributed by atoms with Crippen molar-refractivity contribution in [2.45, 2.75) is 17.7 Å². The van der Waals surface area contributed by atoms with E-state index in [-0.39, 0.29) is 29.1 Å². The molecule has 3 N–H and O–H groups in total. The average Bonchev–Trinajstić information content (AvgIpc) is 2.28. The Hall–Kier alpha value is -1.89. The molecule has 0 aliphatic heterocycles. The Kier molecular flexibility index (Phi) is 4.43. The van der Waals surface area contributed by atoms with Gasteiger partial charge in [-0.15, -0.1) is 0 Å². The number of benzene rings is 1. The second-order valence-corrected chi connectivity index (χ2v) is 5.83. The Morgan fingerprint density at radius 3 is 2.50 bits per heavy atom. The van der Waals surface area contributed by atoms with Crippen molar-refractivity contribution in [2.24, 2.45) is 5.73 Å². The van der Waals surface area contributed by atoms with Crippen LogP contribution < -0.4 is 5.73 Å². The summed E-state index contributed by atoms with van der Waals surface area (Å²) in [6, 6.07) is 5.10. The van der Waals surface area contributed by atoms with Crippen LogP contribution in [0.1, 0.15) is 23.2 Å². The van der Waals surface area contributed by atoms with E-state index >= 15 is 0 Å². The normalized spacial score (nSPS) is 11.1. The number of aromatic carboxylic acids is 1. The van der Waals surface area contributed by atoms with E-state index in [1.807, 2.05) is 0 Å². The molecule has 7 heteroatoms. The molecule has 6 nitrogen and oxygen atoms in total. The zero-order valence-corrected chi connectivity index (χ0v) is 10.3. The summed E-state index contributed by atoms with van der Waals surface area (Å²) >= 11 is 0. The Morgan fingerprint density at radius 1 is 1.28 bits per heavy atom. The van der Waals surface area contributed by atoms with E-state index in [9.17, 15) is 18.0 Å². The van der Waals surface area contributed by atoms with Crippen molar-refractivity contribution < 1.29 is 23.1 Å². The number of primary amides is 1. The van der Waals surface area contributed by atoms with Crippen molar-refractivity contribution in [1.29, 1.82) is 0 Å². The number of amides is 1. The van der Waals surface area contributed by atoms with Crippen LogP contribution in [0.3, 0.4) is 0 Å². The Balaban J connectivity index is 2.88. The van der Waals surface area contributed by atoms with Crippen LogP contribution in [-0.4, -0.2) is 31.2 Å².